The predicted octanol–water partition coefficient (Wildman–Crippen LogP) is 6.07. The fourth-order valence-corrected chi connectivity index (χ4v) is 6.94. The van der Waals surface area contributed by atoms with Crippen LogP contribution < -0.4 is 0 Å². The maximum atomic E-state index is 14.3. The molecule has 5 nitrogen and oxygen atoms in total. The predicted molar refractivity (Wildman–Crippen MR) is 135 cm³/mol. The minimum atomic E-state index is -1.41. The van der Waals surface area contributed by atoms with Gasteiger partial charge in [-0.05, 0) is 35.1 Å². The van der Waals surface area contributed by atoms with Crippen molar-refractivity contribution in [3.63, 3.8) is 0 Å². The number of thioether (sulfide) groups is 1. The summed E-state index contributed by atoms with van der Waals surface area (Å²) in [6.45, 7) is 2.02. The second kappa shape index (κ2) is 9.00. The first kappa shape index (κ1) is 22.2. The third kappa shape index (κ3) is 3.48. The Morgan fingerprint density at radius 2 is 1.82 bits per heavy atom. The minimum absolute atomic E-state index is 0.0315. The zero-order chi connectivity index (χ0) is 23.7. The number of ether oxygens (including phenoxy) is 1. The summed E-state index contributed by atoms with van der Waals surface area (Å²) in [5.74, 6) is -0.566. The number of carbonyl (C=O) groups excluding carboxylic acids is 2. The van der Waals surface area contributed by atoms with Gasteiger partial charge in [0.25, 0.3) is 0 Å². The number of aromatic nitrogens is 1. The van der Waals surface area contributed by atoms with E-state index in [-0.39, 0.29) is 24.8 Å². The van der Waals surface area contributed by atoms with Crippen LogP contribution in [0.1, 0.15) is 34.5 Å². The van der Waals surface area contributed by atoms with Crippen molar-refractivity contribution >= 4 is 45.2 Å². The van der Waals surface area contributed by atoms with Crippen molar-refractivity contribution in [1.82, 2.24) is 4.98 Å². The van der Waals surface area contributed by atoms with Crippen LogP contribution in [0.4, 0.5) is 0 Å². The van der Waals surface area contributed by atoms with Gasteiger partial charge >= 0.3 is 5.97 Å². The molecule has 1 N–H and O–H groups in total. The molecule has 4 aromatic rings. The van der Waals surface area contributed by atoms with Crippen molar-refractivity contribution in [3.8, 4) is 6.07 Å². The smallest absolute Gasteiger partial charge is 0.306 e. The standard InChI is InChI=1S/C28H24N2O3S/c1-2-33-25(31)14-19-16-34-27(22-12-7-9-18-8-3-4-10-20(18)22)28(19,17-29)26(32)23-15-30-24-13-6-5-11-21(23)24/h3-13,15,19,27,30H,2,14,16H2,1H3/t19-,27+,28+/m1/s1. The second-order valence-electron chi connectivity index (χ2n) is 8.55. The van der Waals surface area contributed by atoms with Crippen LogP contribution in [0.15, 0.2) is 72.9 Å². The quantitative estimate of drug-likeness (QED) is 0.274. The average Bonchev–Trinajstić information content (AvgIpc) is 3.45. The molecule has 1 aromatic heterocycles. The Morgan fingerprint density at radius 3 is 2.62 bits per heavy atom. The van der Waals surface area contributed by atoms with Gasteiger partial charge in [0.1, 0.15) is 5.41 Å². The molecule has 0 radical (unpaired) electrons. The summed E-state index contributed by atoms with van der Waals surface area (Å²) in [6, 6.07) is 24.0. The summed E-state index contributed by atoms with van der Waals surface area (Å²) in [4.78, 5) is 30.0. The van der Waals surface area contributed by atoms with Gasteiger partial charge < -0.3 is 9.72 Å². The van der Waals surface area contributed by atoms with Gasteiger partial charge in [0, 0.05) is 28.6 Å². The lowest BCUT2D eigenvalue weighted by Gasteiger charge is -2.32. The molecule has 1 saturated heterocycles. The molecule has 170 valence electrons. The average molecular weight is 469 g/mol. The van der Waals surface area contributed by atoms with Crippen LogP contribution >= 0.6 is 11.8 Å². The van der Waals surface area contributed by atoms with E-state index >= 15 is 0 Å². The van der Waals surface area contributed by atoms with Crippen LogP contribution in [0.25, 0.3) is 21.7 Å². The summed E-state index contributed by atoms with van der Waals surface area (Å²) in [6.07, 6.45) is 1.72. The normalized spacial score (nSPS) is 22.0. The molecule has 0 unspecified atom stereocenters. The number of Topliss-reactive ketones (excluding diaryl/α,β-unsaturated/α-hetero) is 1. The zero-order valence-corrected chi connectivity index (χ0v) is 19.6. The lowest BCUT2D eigenvalue weighted by Crippen LogP contribution is -2.40. The fourth-order valence-electron chi connectivity index (χ4n) is 5.13. The molecule has 0 aliphatic carbocycles. The minimum Gasteiger partial charge on any atom is -0.466 e. The number of carbonyl (C=O) groups is 2. The molecular formula is C28H24N2O3S. The largest absolute Gasteiger partial charge is 0.466 e. The monoisotopic (exact) mass is 468 g/mol. The van der Waals surface area contributed by atoms with E-state index in [2.05, 4.69) is 11.1 Å². The Hall–Kier alpha value is -3.56. The maximum absolute atomic E-state index is 14.3. The molecule has 5 rings (SSSR count). The zero-order valence-electron chi connectivity index (χ0n) is 18.8. The molecule has 2 heterocycles. The van der Waals surface area contributed by atoms with Crippen LogP contribution in [0, 0.1) is 22.7 Å². The van der Waals surface area contributed by atoms with Crippen molar-refractivity contribution in [2.75, 3.05) is 12.4 Å². The summed E-state index contributed by atoms with van der Waals surface area (Å²) >= 11 is 1.58. The van der Waals surface area contributed by atoms with Gasteiger partial charge in [-0.25, -0.2) is 0 Å². The lowest BCUT2D eigenvalue weighted by atomic mass is 9.66. The highest BCUT2D eigenvalue weighted by molar-refractivity contribution is 7.99. The number of aromatic amines is 1. The number of rotatable bonds is 6. The summed E-state index contributed by atoms with van der Waals surface area (Å²) in [5.41, 5.74) is 0.864. The highest BCUT2D eigenvalue weighted by Crippen LogP contribution is 2.60. The van der Waals surface area contributed by atoms with Crippen molar-refractivity contribution < 1.29 is 14.3 Å². The number of fused-ring (bicyclic) bond motifs is 2. The summed E-state index contributed by atoms with van der Waals surface area (Å²) < 4.78 is 5.22. The Morgan fingerprint density at radius 1 is 1.09 bits per heavy atom. The van der Waals surface area contributed by atoms with Crippen molar-refractivity contribution in [2.24, 2.45) is 11.3 Å². The number of nitriles is 1. The number of nitrogens with zero attached hydrogens (tertiary/aromatic N) is 1. The molecule has 3 aromatic carbocycles. The number of esters is 1. The Balaban J connectivity index is 1.69. The number of nitrogens with one attached hydrogen (secondary N) is 1. The van der Waals surface area contributed by atoms with Gasteiger partial charge in [-0.15, -0.1) is 0 Å². The number of para-hydroxylation sites is 1. The summed E-state index contributed by atoms with van der Waals surface area (Å²) in [5, 5.41) is 13.2. The third-order valence-corrected chi connectivity index (χ3v) is 8.29. The summed E-state index contributed by atoms with van der Waals surface area (Å²) in [7, 11) is 0. The van der Waals surface area contributed by atoms with Crippen LogP contribution in [-0.4, -0.2) is 29.1 Å². The highest BCUT2D eigenvalue weighted by Gasteiger charge is 2.58. The molecule has 1 aliphatic rings. The van der Waals surface area contributed by atoms with Gasteiger partial charge in [-0.3, -0.25) is 9.59 Å². The van der Waals surface area contributed by atoms with Crippen molar-refractivity contribution in [2.45, 2.75) is 18.6 Å². The van der Waals surface area contributed by atoms with Crippen LogP contribution in [-0.2, 0) is 9.53 Å². The highest BCUT2D eigenvalue weighted by atomic mass is 32.2. The molecular weight excluding hydrogens is 444 g/mol. The first-order valence-electron chi connectivity index (χ1n) is 11.4. The third-order valence-electron chi connectivity index (χ3n) is 6.74. The van der Waals surface area contributed by atoms with E-state index in [1.54, 1.807) is 24.9 Å². The van der Waals surface area contributed by atoms with E-state index < -0.39 is 16.6 Å². The number of hydrogen-bond donors (Lipinski definition) is 1. The lowest BCUT2D eigenvalue weighted by molar-refractivity contribution is -0.144. The molecule has 1 fully saturated rings. The van der Waals surface area contributed by atoms with Crippen LogP contribution in [0.3, 0.4) is 0 Å². The van der Waals surface area contributed by atoms with Gasteiger partial charge in [0.2, 0.25) is 0 Å². The van der Waals surface area contributed by atoms with Crippen LogP contribution in [0.2, 0.25) is 0 Å². The molecule has 6 heteroatoms. The van der Waals surface area contributed by atoms with E-state index in [0.29, 0.717) is 11.3 Å². The number of hydrogen-bond acceptors (Lipinski definition) is 5. The maximum Gasteiger partial charge on any atom is 0.306 e. The molecule has 0 bridgehead atoms. The number of ketones is 1. The van der Waals surface area contributed by atoms with E-state index in [0.717, 1.165) is 27.2 Å². The fraction of sp³-hybridized carbons (Fsp3) is 0.250. The van der Waals surface area contributed by atoms with Gasteiger partial charge in [-0.1, -0.05) is 60.7 Å². The molecule has 34 heavy (non-hydrogen) atoms. The van der Waals surface area contributed by atoms with E-state index in [1.165, 1.54) is 0 Å². The Labute approximate surface area is 202 Å². The molecule has 0 amide bonds. The Kier molecular flexibility index (Phi) is 5.89. The van der Waals surface area contributed by atoms with Gasteiger partial charge in [-0.2, -0.15) is 17.0 Å². The number of H-pyrrole nitrogens is 1. The molecule has 1 aliphatic heterocycles. The number of benzene rings is 3. The Bertz CT molecular complexity index is 1430. The van der Waals surface area contributed by atoms with E-state index in [4.69, 9.17) is 4.74 Å². The van der Waals surface area contributed by atoms with Gasteiger partial charge in [0.05, 0.1) is 24.3 Å². The molecule has 0 saturated carbocycles. The van der Waals surface area contributed by atoms with Crippen molar-refractivity contribution in [1.29, 1.82) is 5.26 Å². The first-order valence-corrected chi connectivity index (χ1v) is 12.4. The van der Waals surface area contributed by atoms with Gasteiger partial charge in [0.15, 0.2) is 5.78 Å². The van der Waals surface area contributed by atoms with E-state index in [9.17, 15) is 14.9 Å². The molecule has 3 atom stereocenters. The second-order valence-corrected chi connectivity index (χ2v) is 9.68. The first-order chi connectivity index (χ1) is 16.6. The van der Waals surface area contributed by atoms with Crippen LogP contribution in [0.5, 0.6) is 0 Å². The van der Waals surface area contributed by atoms with E-state index in [1.807, 2.05) is 66.7 Å². The topological polar surface area (TPSA) is 82.9 Å². The molecule has 0 spiro atoms. The SMILES string of the molecule is CCOC(=O)C[C@@H]1CS[C@@H](c2cccc3ccccc23)[C@]1(C#N)C(=O)c1c[nH]c2ccccc12. The van der Waals surface area contributed by atoms with Crippen molar-refractivity contribution in [3.05, 3.63) is 84.1 Å².